The summed E-state index contributed by atoms with van der Waals surface area (Å²) in [5, 5.41) is 11.3. The fraction of sp³-hybridized carbons (Fsp3) is 0.333. The van der Waals surface area contributed by atoms with Gasteiger partial charge in [-0.15, -0.1) is 0 Å². The number of alkyl halides is 2. The highest BCUT2D eigenvalue weighted by Gasteiger charge is 2.16. The van der Waals surface area contributed by atoms with Crippen LogP contribution in [0.1, 0.15) is 15.9 Å². The molecule has 0 spiro atoms. The van der Waals surface area contributed by atoms with Crippen LogP contribution in [0.3, 0.4) is 0 Å². The van der Waals surface area contributed by atoms with Crippen molar-refractivity contribution in [2.24, 2.45) is 0 Å². The van der Waals surface area contributed by atoms with Crippen molar-refractivity contribution in [3.63, 3.8) is 0 Å². The Hall–Kier alpha value is -2.18. The molecule has 1 aromatic carbocycles. The van der Waals surface area contributed by atoms with E-state index >= 15 is 0 Å². The first-order chi connectivity index (χ1) is 8.82. The minimum absolute atomic E-state index is 0.0503. The number of nitrogens with one attached hydrogen (secondary N) is 1. The number of rotatable bonds is 4. The van der Waals surface area contributed by atoms with Gasteiger partial charge in [-0.05, 0) is 24.6 Å². The number of benzene rings is 1. The van der Waals surface area contributed by atoms with Gasteiger partial charge in [0.1, 0.15) is 0 Å². The maximum Gasteiger partial charge on any atom is 0.336 e. The molecular weight excluding hydrogens is 258 g/mol. The number of carboxylic acid groups (broad SMARTS) is 1. The summed E-state index contributed by atoms with van der Waals surface area (Å²) in [7, 11) is 1.23. The Bertz CT molecular complexity index is 492. The molecule has 7 heteroatoms. The largest absolute Gasteiger partial charge is 0.478 e. The SMILES string of the molecule is Cc1c(NC(=O)N(C)CC(F)F)cccc1C(=O)O. The number of nitrogens with zero attached hydrogens (tertiary/aromatic N) is 1. The number of carboxylic acids is 1. The molecule has 0 atom stereocenters. The zero-order chi connectivity index (χ0) is 14.6. The van der Waals surface area contributed by atoms with Crippen LogP contribution >= 0.6 is 0 Å². The van der Waals surface area contributed by atoms with E-state index in [1.54, 1.807) is 0 Å². The highest BCUT2D eigenvalue weighted by Crippen LogP contribution is 2.19. The number of hydrogen-bond acceptors (Lipinski definition) is 2. The highest BCUT2D eigenvalue weighted by molar-refractivity contribution is 5.95. The van der Waals surface area contributed by atoms with Crippen molar-refractivity contribution in [3.05, 3.63) is 29.3 Å². The Morgan fingerprint density at radius 3 is 2.58 bits per heavy atom. The van der Waals surface area contributed by atoms with Crippen molar-refractivity contribution < 1.29 is 23.5 Å². The van der Waals surface area contributed by atoms with Crippen LogP contribution in [-0.2, 0) is 0 Å². The van der Waals surface area contributed by atoms with E-state index in [4.69, 9.17) is 5.11 Å². The molecule has 0 saturated heterocycles. The van der Waals surface area contributed by atoms with E-state index in [0.717, 1.165) is 4.90 Å². The molecule has 19 heavy (non-hydrogen) atoms. The molecule has 5 nitrogen and oxygen atoms in total. The van der Waals surface area contributed by atoms with Crippen LogP contribution < -0.4 is 5.32 Å². The number of urea groups is 1. The topological polar surface area (TPSA) is 69.6 Å². The average molecular weight is 272 g/mol. The minimum atomic E-state index is -2.62. The highest BCUT2D eigenvalue weighted by atomic mass is 19.3. The zero-order valence-corrected chi connectivity index (χ0v) is 10.5. The molecule has 0 heterocycles. The van der Waals surface area contributed by atoms with Crippen LogP contribution in [0.5, 0.6) is 0 Å². The van der Waals surface area contributed by atoms with Crippen molar-refractivity contribution in [2.75, 3.05) is 18.9 Å². The normalized spacial score (nSPS) is 10.4. The lowest BCUT2D eigenvalue weighted by molar-refractivity contribution is 0.0696. The van der Waals surface area contributed by atoms with Crippen LogP contribution in [-0.4, -0.2) is 42.0 Å². The minimum Gasteiger partial charge on any atom is -0.478 e. The van der Waals surface area contributed by atoms with Gasteiger partial charge >= 0.3 is 12.0 Å². The van der Waals surface area contributed by atoms with Gasteiger partial charge in [0.05, 0.1) is 12.1 Å². The molecule has 1 aromatic rings. The van der Waals surface area contributed by atoms with Gasteiger partial charge in [0.15, 0.2) is 0 Å². The molecule has 1 rings (SSSR count). The molecule has 0 aliphatic rings. The summed E-state index contributed by atoms with van der Waals surface area (Å²) in [5.74, 6) is -1.12. The summed E-state index contributed by atoms with van der Waals surface area (Å²) in [6.45, 7) is 0.843. The summed E-state index contributed by atoms with van der Waals surface area (Å²) in [5.41, 5.74) is 0.703. The average Bonchev–Trinajstić information content (AvgIpc) is 2.30. The molecule has 0 radical (unpaired) electrons. The van der Waals surface area contributed by atoms with Gasteiger partial charge in [-0.1, -0.05) is 6.07 Å². The summed E-state index contributed by atoms with van der Waals surface area (Å²) < 4.78 is 24.3. The molecule has 0 aliphatic carbocycles. The molecule has 0 fully saturated rings. The summed E-state index contributed by atoms with van der Waals surface area (Å²) >= 11 is 0. The standard InChI is InChI=1S/C12H14F2N2O3/c1-7-8(11(17)18)4-3-5-9(7)15-12(19)16(2)6-10(13)14/h3-5,10H,6H2,1-2H3,(H,15,19)(H,17,18). The van der Waals surface area contributed by atoms with Crippen LogP contribution in [0.25, 0.3) is 0 Å². The number of carbonyl (C=O) groups excluding carboxylic acids is 1. The summed E-state index contributed by atoms with van der Waals surface area (Å²) in [6.07, 6.45) is -2.62. The quantitative estimate of drug-likeness (QED) is 0.884. The number of carbonyl (C=O) groups is 2. The van der Waals surface area contributed by atoms with E-state index < -0.39 is 25.0 Å². The third-order valence-electron chi connectivity index (χ3n) is 2.56. The Kier molecular flexibility index (Phi) is 4.80. The van der Waals surface area contributed by atoms with Gasteiger partial charge in [-0.2, -0.15) is 0 Å². The number of amides is 2. The first-order valence-electron chi connectivity index (χ1n) is 5.46. The third-order valence-corrected chi connectivity index (χ3v) is 2.56. The van der Waals surface area contributed by atoms with Gasteiger partial charge < -0.3 is 15.3 Å². The van der Waals surface area contributed by atoms with Crippen molar-refractivity contribution in [2.45, 2.75) is 13.3 Å². The van der Waals surface area contributed by atoms with Gasteiger partial charge in [0, 0.05) is 12.7 Å². The predicted molar refractivity (Wildman–Crippen MR) is 65.8 cm³/mol. The van der Waals surface area contributed by atoms with E-state index in [9.17, 15) is 18.4 Å². The fourth-order valence-corrected chi connectivity index (χ4v) is 1.50. The molecule has 0 saturated carbocycles. The smallest absolute Gasteiger partial charge is 0.336 e. The van der Waals surface area contributed by atoms with Gasteiger partial charge in [0.25, 0.3) is 6.43 Å². The van der Waals surface area contributed by atoms with Crippen molar-refractivity contribution in [3.8, 4) is 0 Å². The number of halogens is 2. The van der Waals surface area contributed by atoms with Gasteiger partial charge in [0.2, 0.25) is 0 Å². The lowest BCUT2D eigenvalue weighted by Gasteiger charge is -2.18. The Morgan fingerprint density at radius 2 is 2.05 bits per heavy atom. The van der Waals surface area contributed by atoms with E-state index in [1.807, 2.05) is 0 Å². The number of hydrogen-bond donors (Lipinski definition) is 2. The summed E-state index contributed by atoms with van der Waals surface area (Å²) in [4.78, 5) is 23.4. The molecule has 2 amide bonds. The first kappa shape index (κ1) is 14.9. The Balaban J connectivity index is 2.86. The molecule has 0 aliphatic heterocycles. The van der Waals surface area contributed by atoms with Crippen LogP contribution in [0.4, 0.5) is 19.3 Å². The maximum absolute atomic E-state index is 12.1. The Labute approximate surface area is 108 Å². The second-order valence-corrected chi connectivity index (χ2v) is 3.99. The van der Waals surface area contributed by atoms with Crippen LogP contribution in [0.2, 0.25) is 0 Å². The molecular formula is C12H14F2N2O3. The fourth-order valence-electron chi connectivity index (χ4n) is 1.50. The molecule has 104 valence electrons. The van der Waals surface area contributed by atoms with E-state index in [0.29, 0.717) is 5.56 Å². The first-order valence-corrected chi connectivity index (χ1v) is 5.46. The molecule has 0 unspecified atom stereocenters. The van der Waals surface area contributed by atoms with Crippen molar-refractivity contribution in [1.82, 2.24) is 4.90 Å². The molecule has 2 N–H and O–H groups in total. The van der Waals surface area contributed by atoms with E-state index in [-0.39, 0.29) is 11.3 Å². The lowest BCUT2D eigenvalue weighted by atomic mass is 10.1. The Morgan fingerprint density at radius 1 is 1.42 bits per heavy atom. The van der Waals surface area contributed by atoms with Gasteiger partial charge in [-0.3, -0.25) is 0 Å². The second kappa shape index (κ2) is 6.12. The molecule has 0 aromatic heterocycles. The van der Waals surface area contributed by atoms with E-state index in [1.165, 1.54) is 32.2 Å². The summed E-state index contributed by atoms with van der Waals surface area (Å²) in [6, 6.07) is 3.66. The predicted octanol–water partition coefficient (Wildman–Crippen LogP) is 2.42. The zero-order valence-electron chi connectivity index (χ0n) is 10.5. The van der Waals surface area contributed by atoms with E-state index in [2.05, 4.69) is 5.32 Å². The number of anilines is 1. The van der Waals surface area contributed by atoms with Crippen LogP contribution in [0, 0.1) is 6.92 Å². The third kappa shape index (κ3) is 3.90. The second-order valence-electron chi connectivity index (χ2n) is 3.99. The maximum atomic E-state index is 12.1. The monoisotopic (exact) mass is 272 g/mol. The lowest BCUT2D eigenvalue weighted by Crippen LogP contribution is -2.35. The number of aromatic carboxylic acids is 1. The van der Waals surface area contributed by atoms with Crippen LogP contribution in [0.15, 0.2) is 18.2 Å². The van der Waals surface area contributed by atoms with Crippen molar-refractivity contribution >= 4 is 17.7 Å². The van der Waals surface area contributed by atoms with Gasteiger partial charge in [-0.25, -0.2) is 18.4 Å². The van der Waals surface area contributed by atoms with Crippen molar-refractivity contribution in [1.29, 1.82) is 0 Å². The molecule has 0 bridgehead atoms.